The van der Waals surface area contributed by atoms with Gasteiger partial charge in [0.15, 0.2) is 0 Å². The Kier molecular flexibility index (Phi) is 8.33. The van der Waals surface area contributed by atoms with E-state index in [2.05, 4.69) is 4.72 Å². The maximum atomic E-state index is 12.8. The van der Waals surface area contributed by atoms with E-state index in [0.717, 1.165) is 17.7 Å². The third kappa shape index (κ3) is 6.37. The van der Waals surface area contributed by atoms with Crippen molar-refractivity contribution < 1.29 is 17.9 Å². The highest BCUT2D eigenvalue weighted by molar-refractivity contribution is 7.92. The monoisotopic (exact) mass is 447 g/mol. The number of amides is 1. The fourth-order valence-corrected chi connectivity index (χ4v) is 4.34. The first-order valence-corrected chi connectivity index (χ1v) is 11.8. The lowest BCUT2D eigenvalue weighted by molar-refractivity contribution is -0.135. The maximum absolute atomic E-state index is 12.8. The number of sulfonamides is 1. The van der Waals surface area contributed by atoms with E-state index in [0.29, 0.717) is 24.5 Å². The molecule has 0 saturated heterocycles. The van der Waals surface area contributed by atoms with Crippen molar-refractivity contribution in [2.24, 2.45) is 5.92 Å². The number of ether oxygens (including phenoxy) is 1. The van der Waals surface area contributed by atoms with Gasteiger partial charge in [0.1, 0.15) is 5.75 Å². The van der Waals surface area contributed by atoms with Crippen LogP contribution < -0.4 is 14.4 Å². The van der Waals surface area contributed by atoms with Crippen LogP contribution in [0.4, 0.5) is 11.4 Å². The number of hydrogen-bond acceptors (Lipinski definition) is 5. The summed E-state index contributed by atoms with van der Waals surface area (Å²) in [6.45, 7) is 6.86. The van der Waals surface area contributed by atoms with Crippen LogP contribution in [-0.4, -0.2) is 47.0 Å². The van der Waals surface area contributed by atoms with E-state index in [4.69, 9.17) is 4.74 Å². The summed E-state index contributed by atoms with van der Waals surface area (Å²) < 4.78 is 33.4. The zero-order chi connectivity index (χ0) is 23.2. The van der Waals surface area contributed by atoms with Crippen LogP contribution in [0.5, 0.6) is 5.75 Å². The van der Waals surface area contributed by atoms with Gasteiger partial charge in [-0.3, -0.25) is 9.52 Å². The summed E-state index contributed by atoms with van der Waals surface area (Å²) in [7, 11) is 1.62. The highest BCUT2D eigenvalue weighted by Crippen LogP contribution is 2.27. The molecule has 170 valence electrons. The van der Waals surface area contributed by atoms with Crippen LogP contribution in [0.15, 0.2) is 47.4 Å². The summed E-state index contributed by atoms with van der Waals surface area (Å²) in [5.74, 6) is 0.560. The number of nitrogens with one attached hydrogen (secondary N) is 1. The van der Waals surface area contributed by atoms with Gasteiger partial charge in [-0.05, 0) is 54.4 Å². The lowest BCUT2D eigenvalue weighted by atomic mass is 10.1. The van der Waals surface area contributed by atoms with Crippen LogP contribution in [0.1, 0.15) is 32.8 Å². The molecule has 1 amide bonds. The Balaban J connectivity index is 2.36. The number of nitrogens with zero attached hydrogens (tertiary/aromatic N) is 2. The van der Waals surface area contributed by atoms with Gasteiger partial charge >= 0.3 is 0 Å². The van der Waals surface area contributed by atoms with Crippen molar-refractivity contribution in [3.05, 3.63) is 48.0 Å². The molecule has 0 spiro atoms. The van der Waals surface area contributed by atoms with Gasteiger partial charge in [-0.1, -0.05) is 20.8 Å². The van der Waals surface area contributed by atoms with Crippen LogP contribution in [0, 0.1) is 5.92 Å². The van der Waals surface area contributed by atoms with Crippen molar-refractivity contribution >= 4 is 27.3 Å². The quantitative estimate of drug-likeness (QED) is 0.596. The average Bonchev–Trinajstić information content (AvgIpc) is 2.72. The summed E-state index contributed by atoms with van der Waals surface area (Å²) in [5.41, 5.74) is 2.26. The molecule has 0 radical (unpaired) electrons. The second-order valence-electron chi connectivity index (χ2n) is 7.93. The molecule has 2 aromatic carbocycles. The average molecular weight is 448 g/mol. The molecule has 2 aromatic rings. The van der Waals surface area contributed by atoms with Gasteiger partial charge in [0.05, 0.1) is 12.0 Å². The Bertz CT molecular complexity index is 986. The molecule has 8 heteroatoms. The number of carbonyl (C=O) groups is 1. The summed E-state index contributed by atoms with van der Waals surface area (Å²) in [6.07, 6.45) is 0.847. The minimum absolute atomic E-state index is 0.0794. The van der Waals surface area contributed by atoms with Crippen molar-refractivity contribution in [1.82, 2.24) is 4.90 Å². The van der Waals surface area contributed by atoms with Crippen LogP contribution in [0.3, 0.4) is 0 Å². The van der Waals surface area contributed by atoms with Gasteiger partial charge in [0.2, 0.25) is 5.91 Å². The molecule has 31 heavy (non-hydrogen) atoms. The van der Waals surface area contributed by atoms with Gasteiger partial charge < -0.3 is 14.5 Å². The molecule has 0 unspecified atom stereocenters. The Hall–Kier alpha value is -2.74. The summed E-state index contributed by atoms with van der Waals surface area (Å²) >= 11 is 0. The lowest BCUT2D eigenvalue weighted by Crippen LogP contribution is -2.34. The van der Waals surface area contributed by atoms with E-state index in [-0.39, 0.29) is 16.7 Å². The first kappa shape index (κ1) is 24.5. The van der Waals surface area contributed by atoms with E-state index in [1.807, 2.05) is 50.7 Å². The standard InChI is InChI=1S/C23H33N3O4S/c1-7-14-26(23(27)17(2)3)16-18-15-19(8-13-22(18)25(4)5)24-31(28,29)21-11-9-20(30-6)10-12-21/h8-13,15,17,24H,7,14,16H2,1-6H3. The first-order chi connectivity index (χ1) is 14.6. The number of benzene rings is 2. The van der Waals surface area contributed by atoms with Gasteiger partial charge in [-0.25, -0.2) is 8.42 Å². The second kappa shape index (κ2) is 10.5. The molecule has 0 fully saturated rings. The smallest absolute Gasteiger partial charge is 0.261 e. The highest BCUT2D eigenvalue weighted by atomic mass is 32.2. The molecular weight excluding hydrogens is 414 g/mol. The maximum Gasteiger partial charge on any atom is 0.261 e. The van der Waals surface area contributed by atoms with Gasteiger partial charge in [0.25, 0.3) is 10.0 Å². The molecule has 2 rings (SSSR count). The summed E-state index contributed by atoms with van der Waals surface area (Å²) in [6, 6.07) is 11.6. The molecule has 0 aliphatic carbocycles. The summed E-state index contributed by atoms with van der Waals surface area (Å²) in [5, 5.41) is 0. The molecule has 0 saturated carbocycles. The molecule has 0 atom stereocenters. The minimum atomic E-state index is -3.76. The molecule has 0 heterocycles. The van der Waals surface area contributed by atoms with Crippen molar-refractivity contribution in [3.63, 3.8) is 0 Å². The van der Waals surface area contributed by atoms with E-state index >= 15 is 0 Å². The zero-order valence-corrected chi connectivity index (χ0v) is 20.0. The lowest BCUT2D eigenvalue weighted by Gasteiger charge is -2.27. The Morgan fingerprint density at radius 1 is 1.10 bits per heavy atom. The number of hydrogen-bond donors (Lipinski definition) is 1. The predicted octanol–water partition coefficient (Wildman–Crippen LogP) is 3.96. The fourth-order valence-electron chi connectivity index (χ4n) is 3.29. The van der Waals surface area contributed by atoms with E-state index in [9.17, 15) is 13.2 Å². The number of anilines is 2. The van der Waals surface area contributed by atoms with Gasteiger partial charge in [-0.2, -0.15) is 0 Å². The predicted molar refractivity (Wildman–Crippen MR) is 125 cm³/mol. The van der Waals surface area contributed by atoms with E-state index in [1.165, 1.54) is 19.2 Å². The second-order valence-corrected chi connectivity index (χ2v) is 9.62. The number of methoxy groups -OCH3 is 1. The third-order valence-corrected chi connectivity index (χ3v) is 6.24. The molecule has 7 nitrogen and oxygen atoms in total. The number of rotatable bonds is 10. The number of carbonyl (C=O) groups excluding carboxylic acids is 1. The van der Waals surface area contributed by atoms with Crippen LogP contribution >= 0.6 is 0 Å². The molecular formula is C23H33N3O4S. The van der Waals surface area contributed by atoms with E-state index < -0.39 is 10.0 Å². The van der Waals surface area contributed by atoms with E-state index in [1.54, 1.807) is 24.3 Å². The third-order valence-electron chi connectivity index (χ3n) is 4.84. The molecule has 0 aliphatic heterocycles. The van der Waals surface area contributed by atoms with Gasteiger partial charge in [-0.15, -0.1) is 0 Å². The molecule has 0 aliphatic rings. The van der Waals surface area contributed by atoms with Crippen molar-refractivity contribution in [1.29, 1.82) is 0 Å². The minimum Gasteiger partial charge on any atom is -0.497 e. The zero-order valence-electron chi connectivity index (χ0n) is 19.2. The first-order valence-electron chi connectivity index (χ1n) is 10.3. The summed E-state index contributed by atoms with van der Waals surface area (Å²) in [4.78, 5) is 16.6. The van der Waals surface area contributed by atoms with Crippen LogP contribution in [-0.2, 0) is 21.4 Å². The molecule has 1 N–H and O–H groups in total. The Morgan fingerprint density at radius 3 is 2.26 bits per heavy atom. The largest absolute Gasteiger partial charge is 0.497 e. The SMILES string of the molecule is CCCN(Cc1cc(NS(=O)(=O)c2ccc(OC)cc2)ccc1N(C)C)C(=O)C(C)C. The van der Waals surface area contributed by atoms with Crippen molar-refractivity contribution in [2.75, 3.05) is 37.4 Å². The van der Waals surface area contributed by atoms with Crippen molar-refractivity contribution in [2.45, 2.75) is 38.6 Å². The molecule has 0 aromatic heterocycles. The highest BCUT2D eigenvalue weighted by Gasteiger charge is 2.20. The van der Waals surface area contributed by atoms with Gasteiger partial charge in [0, 0.05) is 44.5 Å². The molecule has 0 bridgehead atoms. The normalized spacial score (nSPS) is 11.3. The Labute approximate surface area is 186 Å². The van der Waals surface area contributed by atoms with Crippen molar-refractivity contribution in [3.8, 4) is 5.75 Å². The Morgan fingerprint density at radius 2 is 1.74 bits per heavy atom. The van der Waals surface area contributed by atoms with Crippen LogP contribution in [0.2, 0.25) is 0 Å². The van der Waals surface area contributed by atoms with Crippen LogP contribution in [0.25, 0.3) is 0 Å². The fraction of sp³-hybridized carbons (Fsp3) is 0.435. The topological polar surface area (TPSA) is 79.0 Å².